The van der Waals surface area contributed by atoms with Gasteiger partial charge in [-0.05, 0) is 39.7 Å². The number of hydrogen-bond acceptors (Lipinski definition) is 5. The van der Waals surface area contributed by atoms with Crippen molar-refractivity contribution in [2.75, 3.05) is 0 Å². The van der Waals surface area contributed by atoms with Crippen molar-refractivity contribution in [2.24, 2.45) is 12.9 Å². The Morgan fingerprint density at radius 1 is 1.20 bits per heavy atom. The van der Waals surface area contributed by atoms with Crippen LogP contribution in [0.3, 0.4) is 0 Å². The van der Waals surface area contributed by atoms with E-state index >= 15 is 0 Å². The molecule has 2 aromatic rings. The van der Waals surface area contributed by atoms with Crippen molar-refractivity contribution in [1.82, 2.24) is 20.2 Å². The zero-order chi connectivity index (χ0) is 14.9. The van der Waals surface area contributed by atoms with Gasteiger partial charge in [0.15, 0.2) is 0 Å². The van der Waals surface area contributed by atoms with Gasteiger partial charge in [-0.3, -0.25) is 16.0 Å². The summed E-state index contributed by atoms with van der Waals surface area (Å²) in [6, 6.07) is 0.182. The van der Waals surface area contributed by atoms with E-state index in [2.05, 4.69) is 36.3 Å². The molecule has 0 fully saturated rings. The molecule has 2 heterocycles. The lowest BCUT2D eigenvalue weighted by Crippen LogP contribution is -2.38. The molecule has 0 radical (unpaired) electrons. The molecular formula is C14H23N5S. The molecule has 0 aromatic carbocycles. The largest absolute Gasteiger partial charge is 0.272 e. The van der Waals surface area contributed by atoms with Crippen LogP contribution in [0.25, 0.3) is 0 Å². The van der Waals surface area contributed by atoms with Crippen LogP contribution in [-0.4, -0.2) is 20.8 Å². The molecule has 5 nitrogen and oxygen atoms in total. The zero-order valence-electron chi connectivity index (χ0n) is 12.8. The lowest BCUT2D eigenvalue weighted by atomic mass is 10.0. The van der Waals surface area contributed by atoms with E-state index < -0.39 is 0 Å². The van der Waals surface area contributed by atoms with Crippen LogP contribution in [0.4, 0.5) is 0 Å². The third kappa shape index (κ3) is 3.08. The third-order valence-electron chi connectivity index (χ3n) is 3.84. The number of thiazole rings is 1. The van der Waals surface area contributed by atoms with Crippen LogP contribution >= 0.6 is 11.3 Å². The zero-order valence-corrected chi connectivity index (χ0v) is 13.6. The molecular weight excluding hydrogens is 270 g/mol. The maximum Gasteiger partial charge on any atom is 0.0947 e. The SMILES string of the molecule is Cc1nc(CC(Cc2c(C)nn(C)c2C)NN)sc1C. The molecule has 0 saturated carbocycles. The van der Waals surface area contributed by atoms with Crippen molar-refractivity contribution < 1.29 is 0 Å². The van der Waals surface area contributed by atoms with E-state index in [9.17, 15) is 0 Å². The molecule has 1 unspecified atom stereocenters. The van der Waals surface area contributed by atoms with Gasteiger partial charge in [0.25, 0.3) is 0 Å². The highest BCUT2D eigenvalue weighted by atomic mass is 32.1. The first-order chi connectivity index (χ1) is 9.42. The predicted molar refractivity (Wildman–Crippen MR) is 82.8 cm³/mol. The first-order valence-corrected chi connectivity index (χ1v) is 7.62. The van der Waals surface area contributed by atoms with Crippen molar-refractivity contribution in [3.63, 3.8) is 0 Å². The quantitative estimate of drug-likeness (QED) is 0.651. The molecule has 0 aliphatic rings. The van der Waals surface area contributed by atoms with Crippen LogP contribution in [0.1, 0.15) is 32.5 Å². The first-order valence-electron chi connectivity index (χ1n) is 6.80. The molecule has 0 saturated heterocycles. The average Bonchev–Trinajstić information content (AvgIpc) is 2.82. The molecule has 2 rings (SSSR count). The normalized spacial score (nSPS) is 12.9. The first kappa shape index (κ1) is 15.2. The van der Waals surface area contributed by atoms with E-state index in [-0.39, 0.29) is 6.04 Å². The van der Waals surface area contributed by atoms with Crippen LogP contribution in [0.5, 0.6) is 0 Å². The van der Waals surface area contributed by atoms with Crippen LogP contribution in [0, 0.1) is 27.7 Å². The molecule has 3 N–H and O–H groups in total. The van der Waals surface area contributed by atoms with Crippen LogP contribution < -0.4 is 11.3 Å². The number of aromatic nitrogens is 3. The molecule has 20 heavy (non-hydrogen) atoms. The Bertz CT molecular complexity index is 579. The Morgan fingerprint density at radius 2 is 1.90 bits per heavy atom. The van der Waals surface area contributed by atoms with E-state index in [1.165, 1.54) is 16.1 Å². The molecule has 1 atom stereocenters. The summed E-state index contributed by atoms with van der Waals surface area (Å²) in [7, 11) is 1.98. The molecule has 0 amide bonds. The minimum atomic E-state index is 0.182. The highest BCUT2D eigenvalue weighted by Gasteiger charge is 2.17. The Kier molecular flexibility index (Phi) is 4.57. The van der Waals surface area contributed by atoms with Crippen LogP contribution in [-0.2, 0) is 19.9 Å². The Morgan fingerprint density at radius 3 is 2.35 bits per heavy atom. The van der Waals surface area contributed by atoms with Crippen molar-refractivity contribution >= 4 is 11.3 Å². The number of nitrogens with two attached hydrogens (primary N) is 1. The molecule has 0 spiro atoms. The maximum absolute atomic E-state index is 5.72. The monoisotopic (exact) mass is 293 g/mol. The summed E-state index contributed by atoms with van der Waals surface area (Å²) in [4.78, 5) is 5.87. The summed E-state index contributed by atoms with van der Waals surface area (Å²) in [6.45, 7) is 8.31. The minimum Gasteiger partial charge on any atom is -0.272 e. The lowest BCUT2D eigenvalue weighted by Gasteiger charge is -2.14. The third-order valence-corrected chi connectivity index (χ3v) is 4.93. The fourth-order valence-electron chi connectivity index (χ4n) is 2.39. The number of hydrogen-bond donors (Lipinski definition) is 2. The van der Waals surface area contributed by atoms with E-state index in [1.807, 2.05) is 18.7 Å². The predicted octanol–water partition coefficient (Wildman–Crippen LogP) is 1.73. The molecule has 6 heteroatoms. The second-order valence-electron chi connectivity index (χ2n) is 5.29. The van der Waals surface area contributed by atoms with Gasteiger partial charge in [0.2, 0.25) is 0 Å². The molecule has 0 bridgehead atoms. The second kappa shape index (κ2) is 6.03. The Balaban J connectivity index is 2.13. The van der Waals surface area contributed by atoms with Crippen molar-refractivity contribution in [1.29, 1.82) is 0 Å². The number of aryl methyl sites for hydroxylation is 4. The number of nitrogens with one attached hydrogen (secondary N) is 1. The van der Waals surface area contributed by atoms with E-state index in [4.69, 9.17) is 5.84 Å². The maximum atomic E-state index is 5.72. The van der Waals surface area contributed by atoms with Gasteiger partial charge in [0.1, 0.15) is 0 Å². The highest BCUT2D eigenvalue weighted by molar-refractivity contribution is 7.11. The minimum absolute atomic E-state index is 0.182. The van der Waals surface area contributed by atoms with Crippen molar-refractivity contribution in [3.8, 4) is 0 Å². The van der Waals surface area contributed by atoms with Gasteiger partial charge in [0, 0.05) is 30.1 Å². The molecule has 0 aliphatic carbocycles. The number of hydrazine groups is 1. The number of nitrogens with zero attached hydrogens (tertiary/aromatic N) is 3. The summed E-state index contributed by atoms with van der Waals surface area (Å²) >= 11 is 1.75. The van der Waals surface area contributed by atoms with Crippen molar-refractivity contribution in [3.05, 3.63) is 32.5 Å². The molecule has 2 aromatic heterocycles. The van der Waals surface area contributed by atoms with Crippen LogP contribution in [0.15, 0.2) is 0 Å². The molecule has 0 aliphatic heterocycles. The summed E-state index contributed by atoms with van der Waals surface area (Å²) in [5.41, 5.74) is 7.60. The summed E-state index contributed by atoms with van der Waals surface area (Å²) < 4.78 is 1.93. The van der Waals surface area contributed by atoms with Crippen LogP contribution in [0.2, 0.25) is 0 Å². The average molecular weight is 293 g/mol. The van der Waals surface area contributed by atoms with E-state index in [0.29, 0.717) is 0 Å². The summed E-state index contributed by atoms with van der Waals surface area (Å²) in [5, 5.41) is 5.60. The van der Waals surface area contributed by atoms with Gasteiger partial charge < -0.3 is 0 Å². The van der Waals surface area contributed by atoms with Gasteiger partial charge >= 0.3 is 0 Å². The van der Waals surface area contributed by atoms with E-state index in [1.54, 1.807) is 11.3 Å². The second-order valence-corrected chi connectivity index (χ2v) is 6.58. The highest BCUT2D eigenvalue weighted by Crippen LogP contribution is 2.20. The topological polar surface area (TPSA) is 68.8 Å². The number of rotatable bonds is 5. The van der Waals surface area contributed by atoms with Crippen molar-refractivity contribution in [2.45, 2.75) is 46.6 Å². The lowest BCUT2D eigenvalue weighted by molar-refractivity contribution is 0.519. The Hall–Kier alpha value is -1.24. The summed E-state index contributed by atoms with van der Waals surface area (Å²) in [6.07, 6.45) is 1.73. The fourth-order valence-corrected chi connectivity index (χ4v) is 3.40. The van der Waals surface area contributed by atoms with Gasteiger partial charge in [-0.15, -0.1) is 11.3 Å². The van der Waals surface area contributed by atoms with E-state index in [0.717, 1.165) is 29.2 Å². The van der Waals surface area contributed by atoms with Gasteiger partial charge in [-0.2, -0.15) is 5.10 Å². The van der Waals surface area contributed by atoms with Gasteiger partial charge in [-0.25, -0.2) is 4.98 Å². The molecule has 110 valence electrons. The fraction of sp³-hybridized carbons (Fsp3) is 0.571. The van der Waals surface area contributed by atoms with Gasteiger partial charge in [0.05, 0.1) is 16.4 Å². The Labute approximate surface area is 124 Å². The summed E-state index contributed by atoms with van der Waals surface area (Å²) in [5.74, 6) is 5.72. The van der Waals surface area contributed by atoms with Gasteiger partial charge in [-0.1, -0.05) is 0 Å². The smallest absolute Gasteiger partial charge is 0.0947 e. The standard InChI is InChI=1S/C14H23N5S/c1-8-11(4)20-14(16-8)7-12(17-15)6-13-9(2)18-19(5)10(13)3/h12,17H,6-7,15H2,1-5H3.